The summed E-state index contributed by atoms with van der Waals surface area (Å²) >= 11 is 1.80. The van der Waals surface area contributed by atoms with Crippen LogP contribution in [0.5, 0.6) is 11.5 Å². The van der Waals surface area contributed by atoms with Crippen molar-refractivity contribution in [3.63, 3.8) is 0 Å². The number of fused-ring (bicyclic) bond motifs is 1. The molecule has 0 aliphatic heterocycles. The van der Waals surface area contributed by atoms with Crippen LogP contribution in [0, 0.1) is 12.8 Å². The number of benzene rings is 3. The van der Waals surface area contributed by atoms with Crippen LogP contribution in [0.25, 0.3) is 20.5 Å². The van der Waals surface area contributed by atoms with E-state index in [9.17, 15) is 0 Å². The first kappa shape index (κ1) is 19.3. The van der Waals surface area contributed by atoms with Gasteiger partial charge in [0.15, 0.2) is 5.75 Å². The van der Waals surface area contributed by atoms with Gasteiger partial charge in [0, 0.05) is 10.1 Å². The molecular weight excluding hydrogens is 386 g/mol. The number of thiophene rings is 1. The van der Waals surface area contributed by atoms with E-state index < -0.39 is 0 Å². The highest BCUT2D eigenvalue weighted by atomic mass is 32.1. The van der Waals surface area contributed by atoms with Crippen LogP contribution in [0.4, 0.5) is 0 Å². The third kappa shape index (κ3) is 4.28. The Bertz CT molecular complexity index is 1140. The number of aryl methyl sites for hydroxylation is 1. The van der Waals surface area contributed by atoms with Crippen LogP contribution in [-0.4, -0.2) is 13.1 Å². The number of hydrogen-bond donors (Lipinski definition) is 1. The molecule has 0 unspecified atom stereocenters. The van der Waals surface area contributed by atoms with Crippen molar-refractivity contribution in [2.75, 3.05) is 13.1 Å². The smallest absolute Gasteiger partial charge is 0.153 e. The van der Waals surface area contributed by atoms with Crippen molar-refractivity contribution < 1.29 is 4.74 Å². The number of hydrogen-bond acceptors (Lipinski definition) is 3. The molecule has 1 aliphatic carbocycles. The van der Waals surface area contributed by atoms with Crippen LogP contribution in [0.15, 0.2) is 72.8 Å². The van der Waals surface area contributed by atoms with Gasteiger partial charge in [-0.1, -0.05) is 48.5 Å². The van der Waals surface area contributed by atoms with Crippen LogP contribution < -0.4 is 10.1 Å². The topological polar surface area (TPSA) is 21.3 Å². The van der Waals surface area contributed by atoms with E-state index >= 15 is 0 Å². The number of rotatable bonds is 8. The second-order valence-corrected chi connectivity index (χ2v) is 9.27. The number of nitrogens with one attached hydrogen (secondary N) is 1. The summed E-state index contributed by atoms with van der Waals surface area (Å²) in [5.74, 6) is 2.79. The van der Waals surface area contributed by atoms with E-state index in [-0.39, 0.29) is 0 Å². The SMILES string of the molecule is Cc1ccccc1-c1sc2ccccc2c1Oc1ccc(CCNCC2CC2)cc1. The summed E-state index contributed by atoms with van der Waals surface area (Å²) in [6, 6.07) is 25.6. The normalized spacial score (nSPS) is 13.6. The summed E-state index contributed by atoms with van der Waals surface area (Å²) in [7, 11) is 0. The highest BCUT2D eigenvalue weighted by molar-refractivity contribution is 7.22. The molecule has 0 atom stereocenters. The molecule has 0 spiro atoms. The van der Waals surface area contributed by atoms with Gasteiger partial charge in [-0.2, -0.15) is 0 Å². The summed E-state index contributed by atoms with van der Waals surface area (Å²) in [5.41, 5.74) is 3.86. The molecular formula is C27H27NOS. The van der Waals surface area contributed by atoms with Gasteiger partial charge in [-0.25, -0.2) is 0 Å². The molecule has 0 radical (unpaired) electrons. The van der Waals surface area contributed by atoms with Crippen molar-refractivity contribution in [1.82, 2.24) is 5.32 Å². The lowest BCUT2D eigenvalue weighted by Crippen LogP contribution is -2.19. The van der Waals surface area contributed by atoms with E-state index in [0.29, 0.717) is 0 Å². The fourth-order valence-corrected chi connectivity index (χ4v) is 5.05. The summed E-state index contributed by atoms with van der Waals surface area (Å²) in [5, 5.41) is 4.74. The molecule has 0 saturated heterocycles. The van der Waals surface area contributed by atoms with E-state index in [1.54, 1.807) is 11.3 Å². The predicted octanol–water partition coefficient (Wildman–Crippen LogP) is 7.21. The molecule has 1 fully saturated rings. The van der Waals surface area contributed by atoms with Crippen molar-refractivity contribution in [2.24, 2.45) is 5.92 Å². The molecule has 2 nitrogen and oxygen atoms in total. The summed E-state index contributed by atoms with van der Waals surface area (Å²) < 4.78 is 7.74. The molecule has 0 amide bonds. The molecule has 3 heteroatoms. The molecule has 30 heavy (non-hydrogen) atoms. The summed E-state index contributed by atoms with van der Waals surface area (Å²) in [4.78, 5) is 1.20. The summed E-state index contributed by atoms with van der Waals surface area (Å²) in [6.07, 6.45) is 3.87. The van der Waals surface area contributed by atoms with Crippen molar-refractivity contribution in [2.45, 2.75) is 26.2 Å². The van der Waals surface area contributed by atoms with Crippen LogP contribution in [0.1, 0.15) is 24.0 Å². The van der Waals surface area contributed by atoms with Gasteiger partial charge in [0.25, 0.3) is 0 Å². The van der Waals surface area contributed by atoms with Gasteiger partial charge in [-0.05, 0) is 86.1 Å². The highest BCUT2D eigenvalue weighted by Gasteiger charge is 2.20. The van der Waals surface area contributed by atoms with Gasteiger partial charge < -0.3 is 10.1 Å². The zero-order valence-electron chi connectivity index (χ0n) is 17.4. The van der Waals surface area contributed by atoms with E-state index in [0.717, 1.165) is 30.4 Å². The average molecular weight is 414 g/mol. The standard InChI is InChI=1S/C27H27NOS/c1-19-6-2-3-7-23(19)27-26(24-8-4-5-9-25(24)30-27)29-22-14-12-20(13-15-22)16-17-28-18-21-10-11-21/h2-9,12-15,21,28H,10-11,16-18H2,1H3. The molecule has 0 bridgehead atoms. The van der Waals surface area contributed by atoms with E-state index in [2.05, 4.69) is 85.0 Å². The first-order valence-electron chi connectivity index (χ1n) is 10.8. The van der Waals surface area contributed by atoms with Crippen molar-refractivity contribution >= 4 is 21.4 Å². The van der Waals surface area contributed by atoms with E-state index in [4.69, 9.17) is 4.74 Å². The quantitative estimate of drug-likeness (QED) is 0.308. The molecule has 4 aromatic rings. The van der Waals surface area contributed by atoms with Crippen molar-refractivity contribution in [3.8, 4) is 21.9 Å². The minimum absolute atomic E-state index is 0.892. The van der Waals surface area contributed by atoms with Crippen LogP contribution in [-0.2, 0) is 6.42 Å². The average Bonchev–Trinajstić information content (AvgIpc) is 3.54. The zero-order valence-corrected chi connectivity index (χ0v) is 18.2. The minimum atomic E-state index is 0.892. The van der Waals surface area contributed by atoms with E-state index in [1.807, 2.05) is 0 Å². The van der Waals surface area contributed by atoms with Gasteiger partial charge in [0.1, 0.15) is 5.75 Å². The van der Waals surface area contributed by atoms with E-state index in [1.165, 1.54) is 51.0 Å². The Morgan fingerprint density at radius 3 is 2.50 bits per heavy atom. The van der Waals surface area contributed by atoms with Gasteiger partial charge in [-0.3, -0.25) is 0 Å². The van der Waals surface area contributed by atoms with Crippen LogP contribution in [0.3, 0.4) is 0 Å². The Balaban J connectivity index is 1.38. The lowest BCUT2D eigenvalue weighted by Gasteiger charge is -2.11. The Morgan fingerprint density at radius 2 is 1.70 bits per heavy atom. The third-order valence-corrected chi connectivity index (χ3v) is 6.99. The predicted molar refractivity (Wildman–Crippen MR) is 128 cm³/mol. The molecule has 5 rings (SSSR count). The second kappa shape index (κ2) is 8.63. The molecule has 1 aliphatic rings. The molecule has 1 saturated carbocycles. The van der Waals surface area contributed by atoms with Gasteiger partial charge in [0.05, 0.1) is 4.88 Å². The fraction of sp³-hybridized carbons (Fsp3) is 0.259. The van der Waals surface area contributed by atoms with Crippen LogP contribution >= 0.6 is 11.3 Å². The van der Waals surface area contributed by atoms with Gasteiger partial charge in [-0.15, -0.1) is 11.3 Å². The first-order valence-corrected chi connectivity index (χ1v) is 11.6. The molecule has 1 heterocycles. The fourth-order valence-electron chi connectivity index (χ4n) is 3.83. The molecule has 1 aromatic heterocycles. The maximum absolute atomic E-state index is 6.49. The Morgan fingerprint density at radius 1 is 0.933 bits per heavy atom. The van der Waals surface area contributed by atoms with Crippen LogP contribution in [0.2, 0.25) is 0 Å². The lowest BCUT2D eigenvalue weighted by molar-refractivity contribution is 0.491. The zero-order chi connectivity index (χ0) is 20.3. The van der Waals surface area contributed by atoms with Gasteiger partial charge in [0.2, 0.25) is 0 Å². The highest BCUT2D eigenvalue weighted by Crippen LogP contribution is 2.46. The number of ether oxygens (including phenoxy) is 1. The summed E-state index contributed by atoms with van der Waals surface area (Å²) in [6.45, 7) is 4.38. The first-order chi connectivity index (χ1) is 14.8. The maximum Gasteiger partial charge on any atom is 0.153 e. The second-order valence-electron chi connectivity index (χ2n) is 8.21. The van der Waals surface area contributed by atoms with Gasteiger partial charge >= 0.3 is 0 Å². The Hall–Kier alpha value is -2.62. The largest absolute Gasteiger partial charge is 0.455 e. The lowest BCUT2D eigenvalue weighted by atomic mass is 10.1. The van der Waals surface area contributed by atoms with Crippen molar-refractivity contribution in [3.05, 3.63) is 83.9 Å². The third-order valence-electron chi connectivity index (χ3n) is 5.80. The molecule has 152 valence electrons. The Labute approximate surface area is 182 Å². The molecule has 1 N–H and O–H groups in total. The molecule has 3 aromatic carbocycles. The maximum atomic E-state index is 6.49. The van der Waals surface area contributed by atoms with Crippen molar-refractivity contribution in [1.29, 1.82) is 0 Å². The monoisotopic (exact) mass is 413 g/mol. The Kier molecular flexibility index (Phi) is 5.56. The minimum Gasteiger partial charge on any atom is -0.455 e.